The zero-order valence-corrected chi connectivity index (χ0v) is 7.74. The minimum absolute atomic E-state index is 0.0809. The summed E-state index contributed by atoms with van der Waals surface area (Å²) in [5.41, 5.74) is 0. The van der Waals surface area contributed by atoms with Gasteiger partial charge in [-0.1, -0.05) is 48.6 Å². The molecule has 3 rings (SSSR count). The Hall–Kier alpha value is -1.12. The average Bonchev–Trinajstić information content (AvgIpc) is 2.26. The maximum absolute atomic E-state index is 5.89. The molecular formula is C12H12O2. The molecule has 0 aromatic heterocycles. The standard InChI is InChI=1S/C12H12O2/c1-2-6-10-9(5-1)13-11-7-3-4-8-12(11)14-10/h1-12H. The molecule has 0 spiro atoms. The molecule has 0 aromatic rings. The Morgan fingerprint density at radius 1 is 0.500 bits per heavy atom. The number of hydrogen-bond acceptors (Lipinski definition) is 2. The lowest BCUT2D eigenvalue weighted by Gasteiger charge is -2.39. The summed E-state index contributed by atoms with van der Waals surface area (Å²) in [5.74, 6) is 0. The van der Waals surface area contributed by atoms with Gasteiger partial charge in [0, 0.05) is 0 Å². The summed E-state index contributed by atoms with van der Waals surface area (Å²) in [7, 11) is 0. The largest absolute Gasteiger partial charge is 0.361 e. The molecule has 4 unspecified atom stereocenters. The third kappa shape index (κ3) is 1.27. The van der Waals surface area contributed by atoms with Crippen molar-refractivity contribution >= 4 is 0 Å². The Morgan fingerprint density at radius 2 is 0.786 bits per heavy atom. The van der Waals surface area contributed by atoms with Gasteiger partial charge in [-0.15, -0.1) is 0 Å². The Kier molecular flexibility index (Phi) is 1.89. The van der Waals surface area contributed by atoms with Gasteiger partial charge in [0.2, 0.25) is 0 Å². The highest BCUT2D eigenvalue weighted by atomic mass is 16.6. The molecule has 72 valence electrons. The van der Waals surface area contributed by atoms with E-state index in [9.17, 15) is 0 Å². The fourth-order valence-corrected chi connectivity index (χ4v) is 1.99. The summed E-state index contributed by atoms with van der Waals surface area (Å²) in [5, 5.41) is 0. The molecule has 2 aliphatic carbocycles. The SMILES string of the molecule is C1=CC2OC3C=CC=CC3OC2C=C1. The van der Waals surface area contributed by atoms with E-state index in [0.29, 0.717) is 0 Å². The van der Waals surface area contributed by atoms with Gasteiger partial charge in [-0.3, -0.25) is 0 Å². The normalized spacial score (nSPS) is 43.4. The third-order valence-electron chi connectivity index (χ3n) is 2.70. The van der Waals surface area contributed by atoms with Gasteiger partial charge in [0.05, 0.1) is 0 Å². The number of hydrogen-bond donors (Lipinski definition) is 0. The maximum atomic E-state index is 5.89. The lowest BCUT2D eigenvalue weighted by molar-refractivity contribution is -0.160. The smallest absolute Gasteiger partial charge is 0.107 e. The van der Waals surface area contributed by atoms with Crippen LogP contribution in [-0.2, 0) is 9.47 Å². The Morgan fingerprint density at radius 3 is 1.07 bits per heavy atom. The molecule has 0 bridgehead atoms. The molecule has 0 saturated carbocycles. The van der Waals surface area contributed by atoms with E-state index < -0.39 is 0 Å². The van der Waals surface area contributed by atoms with Crippen LogP contribution in [0.1, 0.15) is 0 Å². The Balaban J connectivity index is 1.83. The number of rotatable bonds is 0. The lowest BCUT2D eigenvalue weighted by atomic mass is 10.0. The van der Waals surface area contributed by atoms with Crippen LogP contribution in [0.2, 0.25) is 0 Å². The van der Waals surface area contributed by atoms with Crippen molar-refractivity contribution in [2.24, 2.45) is 0 Å². The molecule has 1 aliphatic heterocycles. The molecule has 4 atom stereocenters. The van der Waals surface area contributed by atoms with Gasteiger partial charge in [0.15, 0.2) is 0 Å². The topological polar surface area (TPSA) is 18.5 Å². The summed E-state index contributed by atoms with van der Waals surface area (Å²) in [6, 6.07) is 0. The van der Waals surface area contributed by atoms with E-state index in [1.165, 1.54) is 0 Å². The predicted octanol–water partition coefficient (Wildman–Crippen LogP) is 1.76. The fourth-order valence-electron chi connectivity index (χ4n) is 1.99. The second-order valence-corrected chi connectivity index (χ2v) is 3.67. The van der Waals surface area contributed by atoms with Crippen LogP contribution in [0.25, 0.3) is 0 Å². The van der Waals surface area contributed by atoms with Crippen molar-refractivity contribution < 1.29 is 9.47 Å². The number of ether oxygens (including phenoxy) is 2. The molecule has 0 amide bonds. The first kappa shape index (κ1) is 8.21. The lowest BCUT2D eigenvalue weighted by Crippen LogP contribution is -2.47. The van der Waals surface area contributed by atoms with E-state index in [-0.39, 0.29) is 24.4 Å². The summed E-state index contributed by atoms with van der Waals surface area (Å²) < 4.78 is 11.8. The van der Waals surface area contributed by atoms with E-state index in [1.807, 2.05) is 48.6 Å². The monoisotopic (exact) mass is 188 g/mol. The minimum Gasteiger partial charge on any atom is -0.361 e. The summed E-state index contributed by atoms with van der Waals surface area (Å²) >= 11 is 0. The van der Waals surface area contributed by atoms with Crippen molar-refractivity contribution in [2.75, 3.05) is 0 Å². The quantitative estimate of drug-likeness (QED) is 0.576. The van der Waals surface area contributed by atoms with Crippen molar-refractivity contribution in [3.8, 4) is 0 Å². The van der Waals surface area contributed by atoms with Gasteiger partial charge < -0.3 is 9.47 Å². The molecule has 1 heterocycles. The van der Waals surface area contributed by atoms with Crippen LogP contribution in [0.15, 0.2) is 48.6 Å². The van der Waals surface area contributed by atoms with Gasteiger partial charge in [-0.25, -0.2) is 0 Å². The molecule has 1 fully saturated rings. The number of fused-ring (bicyclic) bond motifs is 2. The molecule has 14 heavy (non-hydrogen) atoms. The molecule has 2 heteroatoms. The Labute approximate surface area is 83.2 Å². The fraction of sp³-hybridized carbons (Fsp3) is 0.333. The second kappa shape index (κ2) is 3.23. The molecule has 3 aliphatic rings. The van der Waals surface area contributed by atoms with Crippen molar-refractivity contribution in [1.29, 1.82) is 0 Å². The van der Waals surface area contributed by atoms with E-state index in [2.05, 4.69) is 0 Å². The first-order chi connectivity index (χ1) is 6.93. The molecule has 1 saturated heterocycles. The predicted molar refractivity (Wildman–Crippen MR) is 53.9 cm³/mol. The number of allylic oxidation sites excluding steroid dienone is 4. The zero-order valence-electron chi connectivity index (χ0n) is 7.74. The van der Waals surface area contributed by atoms with Gasteiger partial charge >= 0.3 is 0 Å². The van der Waals surface area contributed by atoms with Crippen LogP contribution in [0.3, 0.4) is 0 Å². The van der Waals surface area contributed by atoms with E-state index in [1.54, 1.807) is 0 Å². The van der Waals surface area contributed by atoms with Crippen LogP contribution in [0.4, 0.5) is 0 Å². The molecular weight excluding hydrogens is 176 g/mol. The van der Waals surface area contributed by atoms with Gasteiger partial charge in [-0.2, -0.15) is 0 Å². The summed E-state index contributed by atoms with van der Waals surface area (Å²) in [4.78, 5) is 0. The third-order valence-corrected chi connectivity index (χ3v) is 2.70. The van der Waals surface area contributed by atoms with Crippen LogP contribution in [0, 0.1) is 0 Å². The van der Waals surface area contributed by atoms with E-state index in [4.69, 9.17) is 9.47 Å². The van der Waals surface area contributed by atoms with E-state index in [0.717, 1.165) is 0 Å². The molecule has 2 nitrogen and oxygen atoms in total. The van der Waals surface area contributed by atoms with Gasteiger partial charge in [-0.05, 0) is 0 Å². The maximum Gasteiger partial charge on any atom is 0.107 e. The van der Waals surface area contributed by atoms with Gasteiger partial charge in [0.1, 0.15) is 24.4 Å². The highest BCUT2D eigenvalue weighted by Crippen LogP contribution is 2.27. The summed E-state index contributed by atoms with van der Waals surface area (Å²) in [6.45, 7) is 0. The van der Waals surface area contributed by atoms with Crippen molar-refractivity contribution in [1.82, 2.24) is 0 Å². The van der Waals surface area contributed by atoms with Gasteiger partial charge in [0.25, 0.3) is 0 Å². The average molecular weight is 188 g/mol. The van der Waals surface area contributed by atoms with E-state index >= 15 is 0 Å². The highest BCUT2D eigenvalue weighted by Gasteiger charge is 2.35. The molecule has 0 N–H and O–H groups in total. The second-order valence-electron chi connectivity index (χ2n) is 3.67. The van der Waals surface area contributed by atoms with Crippen molar-refractivity contribution in [2.45, 2.75) is 24.4 Å². The van der Waals surface area contributed by atoms with Crippen molar-refractivity contribution in [3.63, 3.8) is 0 Å². The van der Waals surface area contributed by atoms with Crippen LogP contribution in [0.5, 0.6) is 0 Å². The summed E-state index contributed by atoms with van der Waals surface area (Å²) in [6.07, 6.45) is 16.5. The van der Waals surface area contributed by atoms with Crippen LogP contribution >= 0.6 is 0 Å². The van der Waals surface area contributed by atoms with Crippen molar-refractivity contribution in [3.05, 3.63) is 48.6 Å². The highest BCUT2D eigenvalue weighted by molar-refractivity contribution is 5.23. The van der Waals surface area contributed by atoms with Crippen LogP contribution in [-0.4, -0.2) is 24.4 Å². The zero-order chi connectivity index (χ0) is 9.38. The Bertz CT molecular complexity index is 272. The molecule has 0 radical (unpaired) electrons. The minimum atomic E-state index is 0.0809. The van der Waals surface area contributed by atoms with Crippen LogP contribution < -0.4 is 0 Å². The first-order valence-corrected chi connectivity index (χ1v) is 4.94. The first-order valence-electron chi connectivity index (χ1n) is 4.94. The molecule has 0 aromatic carbocycles.